The Kier molecular flexibility index (Phi) is 5.03. The summed E-state index contributed by atoms with van der Waals surface area (Å²) in [6.07, 6.45) is -0.329. The van der Waals surface area contributed by atoms with Crippen LogP contribution in [0.15, 0.2) is 29.2 Å². The average molecular weight is 453 g/mol. The van der Waals surface area contributed by atoms with E-state index < -0.39 is 27.6 Å². The first-order valence-electron chi connectivity index (χ1n) is 9.79. The summed E-state index contributed by atoms with van der Waals surface area (Å²) in [5.41, 5.74) is 1.96. The number of hydrogen-bond donors (Lipinski definition) is 0. The van der Waals surface area contributed by atoms with Gasteiger partial charge in [-0.15, -0.1) is 0 Å². The topological polar surface area (TPSA) is 74.0 Å². The van der Waals surface area contributed by atoms with Crippen LogP contribution in [0, 0.1) is 12.8 Å². The Balaban J connectivity index is 2.03. The number of aromatic nitrogens is 3. The molecule has 1 aliphatic rings. The van der Waals surface area contributed by atoms with E-state index in [9.17, 15) is 26.4 Å². The predicted octanol–water partition coefficient (Wildman–Crippen LogP) is 3.68. The van der Waals surface area contributed by atoms with Gasteiger partial charge in [0.15, 0.2) is 9.84 Å². The summed E-state index contributed by atoms with van der Waals surface area (Å²) >= 11 is 0. The minimum Gasteiger partial charge on any atom is -0.320 e. The number of imidazole rings is 1. The van der Waals surface area contributed by atoms with Crippen LogP contribution in [0.3, 0.4) is 0 Å². The van der Waals surface area contributed by atoms with Crippen molar-refractivity contribution < 1.29 is 21.6 Å². The first kappa shape index (κ1) is 21.6. The van der Waals surface area contributed by atoms with Crippen molar-refractivity contribution in [2.45, 2.75) is 38.2 Å². The van der Waals surface area contributed by atoms with Crippen LogP contribution in [0.4, 0.5) is 13.2 Å². The second-order valence-electron chi connectivity index (χ2n) is 8.39. The smallest absolute Gasteiger partial charge is 0.320 e. The summed E-state index contributed by atoms with van der Waals surface area (Å²) in [6, 6.07) is 4.81. The highest BCUT2D eigenvalue weighted by Gasteiger charge is 2.39. The third-order valence-corrected chi connectivity index (χ3v) is 6.27. The van der Waals surface area contributed by atoms with Crippen LogP contribution in [-0.2, 0) is 35.4 Å². The molecule has 10 heteroatoms. The van der Waals surface area contributed by atoms with Gasteiger partial charge in [0.05, 0.1) is 16.8 Å². The summed E-state index contributed by atoms with van der Waals surface area (Å²) in [7, 11) is -1.93. The lowest BCUT2D eigenvalue weighted by Gasteiger charge is -2.13. The number of rotatable bonds is 5. The number of pyridine rings is 1. The lowest BCUT2D eigenvalue weighted by molar-refractivity contribution is -0.147. The fraction of sp³-hybridized carbons (Fsp3) is 0.429. The standard InChI is InChI=1S/C21H22F3N3O3S/c1-12-6-15(10-26(2)19(12)28)14-7-16(11-31(3,29)30)18-17(8-14)27(9-13-4-5-13)20(25-18)21(22,23)24/h6-8,10,13H,4-5,9,11H2,1-3H3. The monoisotopic (exact) mass is 453 g/mol. The Bertz CT molecular complexity index is 1320. The molecule has 2 aromatic heterocycles. The lowest BCUT2D eigenvalue weighted by atomic mass is 10.0. The van der Waals surface area contributed by atoms with Crippen molar-refractivity contribution in [3.8, 4) is 11.1 Å². The van der Waals surface area contributed by atoms with Crippen molar-refractivity contribution in [3.63, 3.8) is 0 Å². The number of aryl methyl sites for hydroxylation is 2. The zero-order chi connectivity index (χ0) is 22.7. The summed E-state index contributed by atoms with van der Waals surface area (Å²) in [5.74, 6) is -1.29. The maximum Gasteiger partial charge on any atom is 0.449 e. The molecule has 1 saturated carbocycles. The van der Waals surface area contributed by atoms with Crippen LogP contribution >= 0.6 is 0 Å². The van der Waals surface area contributed by atoms with E-state index in [0.717, 1.165) is 23.7 Å². The molecule has 0 amide bonds. The Morgan fingerprint density at radius 3 is 2.39 bits per heavy atom. The van der Waals surface area contributed by atoms with Gasteiger partial charge in [0.2, 0.25) is 5.82 Å². The predicted molar refractivity (Wildman–Crippen MR) is 111 cm³/mol. The highest BCUT2D eigenvalue weighted by molar-refractivity contribution is 7.89. The second kappa shape index (κ2) is 7.22. The Morgan fingerprint density at radius 2 is 1.84 bits per heavy atom. The van der Waals surface area contributed by atoms with Crippen molar-refractivity contribution in [1.82, 2.24) is 14.1 Å². The quantitative estimate of drug-likeness (QED) is 0.591. The molecule has 0 bridgehead atoms. The number of alkyl halides is 3. The van der Waals surface area contributed by atoms with Gasteiger partial charge >= 0.3 is 6.18 Å². The largest absolute Gasteiger partial charge is 0.449 e. The van der Waals surface area contributed by atoms with Gasteiger partial charge < -0.3 is 9.13 Å². The van der Waals surface area contributed by atoms with Crippen LogP contribution in [0.2, 0.25) is 0 Å². The zero-order valence-corrected chi connectivity index (χ0v) is 18.1. The van der Waals surface area contributed by atoms with Crippen molar-refractivity contribution in [2.24, 2.45) is 13.0 Å². The van der Waals surface area contributed by atoms with Gasteiger partial charge in [0.25, 0.3) is 5.56 Å². The molecule has 166 valence electrons. The molecule has 0 unspecified atom stereocenters. The molecule has 1 aliphatic carbocycles. The minimum atomic E-state index is -4.66. The van der Waals surface area contributed by atoms with Crippen LogP contribution in [0.1, 0.15) is 29.8 Å². The highest BCUT2D eigenvalue weighted by Crippen LogP contribution is 2.39. The van der Waals surface area contributed by atoms with Crippen LogP contribution in [0.25, 0.3) is 22.2 Å². The number of halogens is 3. The van der Waals surface area contributed by atoms with E-state index in [1.54, 1.807) is 38.4 Å². The number of sulfone groups is 1. The maximum absolute atomic E-state index is 13.8. The van der Waals surface area contributed by atoms with Gasteiger partial charge in [-0.05, 0) is 60.6 Å². The third-order valence-electron chi connectivity index (χ3n) is 5.44. The van der Waals surface area contributed by atoms with E-state index in [1.807, 2.05) is 0 Å². The van der Waals surface area contributed by atoms with Crippen molar-refractivity contribution in [3.05, 3.63) is 51.7 Å². The minimum absolute atomic E-state index is 0.0451. The van der Waals surface area contributed by atoms with E-state index in [2.05, 4.69) is 4.98 Å². The van der Waals surface area contributed by atoms with E-state index in [-0.39, 0.29) is 34.6 Å². The molecule has 0 spiro atoms. The van der Waals surface area contributed by atoms with Crippen LogP contribution in [-0.4, -0.2) is 28.8 Å². The number of benzene rings is 1. The normalized spacial score (nSPS) is 15.0. The molecule has 0 N–H and O–H groups in total. The van der Waals surface area contributed by atoms with Gasteiger partial charge in [-0.2, -0.15) is 13.2 Å². The van der Waals surface area contributed by atoms with Crippen LogP contribution < -0.4 is 5.56 Å². The van der Waals surface area contributed by atoms with E-state index >= 15 is 0 Å². The Morgan fingerprint density at radius 1 is 1.16 bits per heavy atom. The number of hydrogen-bond acceptors (Lipinski definition) is 4. The number of fused-ring (bicyclic) bond motifs is 1. The fourth-order valence-electron chi connectivity index (χ4n) is 3.85. The Hall–Kier alpha value is -2.62. The zero-order valence-electron chi connectivity index (χ0n) is 17.3. The molecule has 4 rings (SSSR count). The van der Waals surface area contributed by atoms with Gasteiger partial charge in [0.1, 0.15) is 0 Å². The average Bonchev–Trinajstić information content (AvgIpc) is 3.36. The molecule has 0 radical (unpaired) electrons. The molecule has 31 heavy (non-hydrogen) atoms. The molecular weight excluding hydrogens is 431 g/mol. The summed E-state index contributed by atoms with van der Waals surface area (Å²) < 4.78 is 67.9. The van der Waals surface area contributed by atoms with E-state index in [0.29, 0.717) is 16.7 Å². The Labute approximate surface area is 177 Å². The van der Waals surface area contributed by atoms with Crippen LogP contribution in [0.5, 0.6) is 0 Å². The van der Waals surface area contributed by atoms with Crippen molar-refractivity contribution in [2.75, 3.05) is 6.26 Å². The van der Waals surface area contributed by atoms with Gasteiger partial charge in [0, 0.05) is 31.6 Å². The molecular formula is C21H22F3N3O3S. The van der Waals surface area contributed by atoms with Gasteiger partial charge in [-0.1, -0.05) is 0 Å². The molecule has 6 nitrogen and oxygen atoms in total. The fourth-order valence-corrected chi connectivity index (χ4v) is 4.63. The third kappa shape index (κ3) is 4.39. The molecule has 3 aromatic rings. The number of nitrogens with zero attached hydrogens (tertiary/aromatic N) is 3. The van der Waals surface area contributed by atoms with E-state index in [4.69, 9.17) is 0 Å². The molecule has 0 aliphatic heterocycles. The molecule has 1 fully saturated rings. The molecule has 0 saturated heterocycles. The van der Waals surface area contributed by atoms with Crippen molar-refractivity contribution >= 4 is 20.9 Å². The molecule has 0 atom stereocenters. The maximum atomic E-state index is 13.8. The highest BCUT2D eigenvalue weighted by atomic mass is 32.2. The SMILES string of the molecule is Cc1cc(-c2cc(CS(C)(=O)=O)c3nc(C(F)(F)F)n(CC4CC4)c3c2)cn(C)c1=O. The molecule has 2 heterocycles. The summed E-state index contributed by atoms with van der Waals surface area (Å²) in [5, 5.41) is 0. The first-order valence-corrected chi connectivity index (χ1v) is 11.9. The molecule has 1 aromatic carbocycles. The summed E-state index contributed by atoms with van der Waals surface area (Å²) in [4.78, 5) is 15.9. The lowest BCUT2D eigenvalue weighted by Crippen LogP contribution is -2.18. The van der Waals surface area contributed by atoms with Gasteiger partial charge in [-0.3, -0.25) is 4.79 Å². The van der Waals surface area contributed by atoms with Crippen molar-refractivity contribution in [1.29, 1.82) is 0 Å². The second-order valence-corrected chi connectivity index (χ2v) is 10.5. The van der Waals surface area contributed by atoms with Gasteiger partial charge in [-0.25, -0.2) is 13.4 Å². The van der Waals surface area contributed by atoms with E-state index in [1.165, 1.54) is 4.57 Å². The summed E-state index contributed by atoms with van der Waals surface area (Å²) in [6.45, 7) is 1.83. The first-order chi connectivity index (χ1) is 14.3.